The molecule has 3 nitrogen and oxygen atoms in total. The molecule has 104 valence electrons. The van der Waals surface area contributed by atoms with E-state index in [1.165, 1.54) is 6.42 Å². The standard InChI is InChI=1S/C15H20ClNO2/c1-19-12-8-6-11(7-9-12)10-15(18)17-14-5-3-2-4-13(14)16/h6-9,13-14H,2-5,10H2,1H3,(H,17,18). The summed E-state index contributed by atoms with van der Waals surface area (Å²) in [5.74, 6) is 0.847. The third kappa shape index (κ3) is 4.13. The van der Waals surface area contributed by atoms with E-state index in [2.05, 4.69) is 5.32 Å². The van der Waals surface area contributed by atoms with E-state index < -0.39 is 0 Å². The minimum atomic E-state index is 0.0442. The lowest BCUT2D eigenvalue weighted by Crippen LogP contribution is -2.43. The number of amides is 1. The molecule has 1 amide bonds. The normalized spacial score (nSPS) is 22.8. The number of methoxy groups -OCH3 is 1. The van der Waals surface area contributed by atoms with Crippen molar-refractivity contribution in [1.29, 1.82) is 0 Å². The van der Waals surface area contributed by atoms with E-state index in [9.17, 15) is 4.79 Å². The monoisotopic (exact) mass is 281 g/mol. The number of nitrogens with one attached hydrogen (secondary N) is 1. The molecule has 0 spiro atoms. The lowest BCUT2D eigenvalue weighted by molar-refractivity contribution is -0.121. The minimum Gasteiger partial charge on any atom is -0.497 e. The van der Waals surface area contributed by atoms with Crippen LogP contribution in [-0.2, 0) is 11.2 Å². The van der Waals surface area contributed by atoms with Crippen molar-refractivity contribution in [2.75, 3.05) is 7.11 Å². The van der Waals surface area contributed by atoms with Gasteiger partial charge in [-0.3, -0.25) is 4.79 Å². The van der Waals surface area contributed by atoms with E-state index in [1.807, 2.05) is 24.3 Å². The number of carbonyl (C=O) groups excluding carboxylic acids is 1. The van der Waals surface area contributed by atoms with Crippen molar-refractivity contribution in [2.24, 2.45) is 0 Å². The largest absolute Gasteiger partial charge is 0.497 e. The molecule has 0 saturated heterocycles. The SMILES string of the molecule is COc1ccc(CC(=O)NC2CCCCC2Cl)cc1. The fraction of sp³-hybridized carbons (Fsp3) is 0.533. The third-order valence-corrected chi connectivity index (χ3v) is 4.07. The molecule has 1 saturated carbocycles. The van der Waals surface area contributed by atoms with Crippen LogP contribution in [0.2, 0.25) is 0 Å². The fourth-order valence-corrected chi connectivity index (χ4v) is 2.78. The Bertz CT molecular complexity index is 419. The molecular formula is C15H20ClNO2. The highest BCUT2D eigenvalue weighted by Gasteiger charge is 2.24. The van der Waals surface area contributed by atoms with Crippen molar-refractivity contribution in [3.63, 3.8) is 0 Å². The van der Waals surface area contributed by atoms with E-state index in [1.54, 1.807) is 7.11 Å². The predicted molar refractivity (Wildman–Crippen MR) is 76.7 cm³/mol. The van der Waals surface area contributed by atoms with Gasteiger partial charge in [-0.1, -0.05) is 25.0 Å². The smallest absolute Gasteiger partial charge is 0.224 e. The van der Waals surface area contributed by atoms with Crippen molar-refractivity contribution in [3.8, 4) is 5.75 Å². The highest BCUT2D eigenvalue weighted by atomic mass is 35.5. The van der Waals surface area contributed by atoms with Crippen LogP contribution in [0, 0.1) is 0 Å². The molecule has 4 heteroatoms. The summed E-state index contributed by atoms with van der Waals surface area (Å²) in [6.07, 6.45) is 4.69. The summed E-state index contributed by atoms with van der Waals surface area (Å²) in [6, 6.07) is 7.69. The van der Waals surface area contributed by atoms with Crippen LogP contribution in [-0.4, -0.2) is 24.4 Å². The number of carbonyl (C=O) groups is 1. The van der Waals surface area contributed by atoms with Crippen molar-refractivity contribution >= 4 is 17.5 Å². The van der Waals surface area contributed by atoms with E-state index in [0.29, 0.717) is 6.42 Å². The fourth-order valence-electron chi connectivity index (χ4n) is 2.43. The van der Waals surface area contributed by atoms with E-state index in [0.717, 1.165) is 30.6 Å². The van der Waals surface area contributed by atoms with Crippen LogP contribution in [0.25, 0.3) is 0 Å². The summed E-state index contributed by atoms with van der Waals surface area (Å²) in [5.41, 5.74) is 0.986. The van der Waals surface area contributed by atoms with Gasteiger partial charge >= 0.3 is 0 Å². The quantitative estimate of drug-likeness (QED) is 0.862. The molecule has 0 aliphatic heterocycles. The Morgan fingerprint density at radius 2 is 2.00 bits per heavy atom. The van der Waals surface area contributed by atoms with Gasteiger partial charge in [-0.05, 0) is 30.5 Å². The molecule has 1 aromatic rings. The first kappa shape index (κ1) is 14.2. The summed E-state index contributed by atoms with van der Waals surface area (Å²) in [4.78, 5) is 12.0. The number of benzene rings is 1. The zero-order valence-corrected chi connectivity index (χ0v) is 12.0. The number of halogens is 1. The Morgan fingerprint density at radius 3 is 2.63 bits per heavy atom. The van der Waals surface area contributed by atoms with Gasteiger partial charge in [0.2, 0.25) is 5.91 Å². The van der Waals surface area contributed by atoms with Crippen molar-refractivity contribution < 1.29 is 9.53 Å². The van der Waals surface area contributed by atoms with E-state index in [-0.39, 0.29) is 17.3 Å². The molecule has 2 unspecified atom stereocenters. The van der Waals surface area contributed by atoms with Gasteiger partial charge in [0, 0.05) is 6.04 Å². The van der Waals surface area contributed by atoms with Gasteiger partial charge in [-0.2, -0.15) is 0 Å². The van der Waals surface area contributed by atoms with Gasteiger partial charge < -0.3 is 10.1 Å². The number of alkyl halides is 1. The van der Waals surface area contributed by atoms with Gasteiger partial charge in [-0.15, -0.1) is 11.6 Å². The maximum absolute atomic E-state index is 12.0. The Balaban J connectivity index is 1.86. The zero-order chi connectivity index (χ0) is 13.7. The maximum atomic E-state index is 12.0. The van der Waals surface area contributed by atoms with Crippen LogP contribution in [0.15, 0.2) is 24.3 Å². The molecule has 0 bridgehead atoms. The Kier molecular flexibility index (Phi) is 5.08. The molecule has 0 heterocycles. The highest BCUT2D eigenvalue weighted by Crippen LogP contribution is 2.23. The predicted octanol–water partition coefficient (Wildman–Crippen LogP) is 2.90. The van der Waals surface area contributed by atoms with Crippen LogP contribution >= 0.6 is 11.6 Å². The highest BCUT2D eigenvalue weighted by molar-refractivity contribution is 6.21. The second kappa shape index (κ2) is 6.80. The molecule has 1 fully saturated rings. The van der Waals surface area contributed by atoms with Gasteiger partial charge in [0.1, 0.15) is 5.75 Å². The van der Waals surface area contributed by atoms with E-state index >= 15 is 0 Å². The third-order valence-electron chi connectivity index (χ3n) is 3.55. The molecule has 0 radical (unpaired) electrons. The molecule has 1 N–H and O–H groups in total. The van der Waals surface area contributed by atoms with E-state index in [4.69, 9.17) is 16.3 Å². The Hall–Kier alpha value is -1.22. The Morgan fingerprint density at radius 1 is 1.32 bits per heavy atom. The average Bonchev–Trinajstić information content (AvgIpc) is 2.42. The summed E-state index contributed by atoms with van der Waals surface area (Å²) in [7, 11) is 1.63. The van der Waals surface area contributed by atoms with Gasteiger partial charge in [0.05, 0.1) is 18.9 Å². The van der Waals surface area contributed by atoms with Gasteiger partial charge in [-0.25, -0.2) is 0 Å². The Labute approximate surface area is 119 Å². The molecule has 2 atom stereocenters. The number of hydrogen-bond acceptors (Lipinski definition) is 2. The second-order valence-corrected chi connectivity index (χ2v) is 5.56. The molecule has 2 rings (SSSR count). The summed E-state index contributed by atoms with van der Waals surface area (Å²) < 4.78 is 5.09. The van der Waals surface area contributed by atoms with Crippen LogP contribution in [0.4, 0.5) is 0 Å². The molecule has 1 aromatic carbocycles. The molecular weight excluding hydrogens is 262 g/mol. The van der Waals surface area contributed by atoms with Gasteiger partial charge in [0.15, 0.2) is 0 Å². The number of hydrogen-bond donors (Lipinski definition) is 1. The zero-order valence-electron chi connectivity index (χ0n) is 11.2. The first-order valence-electron chi connectivity index (χ1n) is 6.75. The van der Waals surface area contributed by atoms with Crippen LogP contribution in [0.5, 0.6) is 5.75 Å². The number of ether oxygens (including phenoxy) is 1. The second-order valence-electron chi connectivity index (χ2n) is 5.00. The lowest BCUT2D eigenvalue weighted by Gasteiger charge is -2.27. The van der Waals surface area contributed by atoms with Crippen LogP contribution in [0.1, 0.15) is 31.2 Å². The summed E-state index contributed by atoms with van der Waals surface area (Å²) in [6.45, 7) is 0. The first-order chi connectivity index (χ1) is 9.19. The van der Waals surface area contributed by atoms with Crippen molar-refractivity contribution in [3.05, 3.63) is 29.8 Å². The van der Waals surface area contributed by atoms with Crippen LogP contribution in [0.3, 0.4) is 0 Å². The summed E-state index contributed by atoms with van der Waals surface area (Å²) in [5, 5.41) is 3.12. The maximum Gasteiger partial charge on any atom is 0.224 e. The van der Waals surface area contributed by atoms with Crippen molar-refractivity contribution in [2.45, 2.75) is 43.5 Å². The molecule has 1 aliphatic rings. The number of rotatable bonds is 4. The summed E-state index contributed by atoms with van der Waals surface area (Å²) >= 11 is 6.24. The lowest BCUT2D eigenvalue weighted by atomic mass is 9.94. The topological polar surface area (TPSA) is 38.3 Å². The first-order valence-corrected chi connectivity index (χ1v) is 7.19. The molecule has 19 heavy (non-hydrogen) atoms. The van der Waals surface area contributed by atoms with Gasteiger partial charge in [0.25, 0.3) is 0 Å². The average molecular weight is 282 g/mol. The van der Waals surface area contributed by atoms with Crippen LogP contribution < -0.4 is 10.1 Å². The molecule has 0 aromatic heterocycles. The van der Waals surface area contributed by atoms with Crippen molar-refractivity contribution in [1.82, 2.24) is 5.32 Å². The molecule has 1 aliphatic carbocycles. The minimum absolute atomic E-state index is 0.0442.